The van der Waals surface area contributed by atoms with Crippen LogP contribution in [-0.4, -0.2) is 48.3 Å². The van der Waals surface area contributed by atoms with Crippen LogP contribution in [0, 0.1) is 33.5 Å². The van der Waals surface area contributed by atoms with Crippen molar-refractivity contribution in [1.29, 1.82) is 0 Å². The van der Waals surface area contributed by atoms with Crippen molar-refractivity contribution < 1.29 is 19.8 Å². The minimum atomic E-state index is -1.10. The van der Waals surface area contributed by atoms with Crippen molar-refractivity contribution in [1.82, 2.24) is 10.6 Å². The minimum Gasteiger partial charge on any atom is -0.478 e. The van der Waals surface area contributed by atoms with Gasteiger partial charge in [0.15, 0.2) is 0 Å². The zero-order chi connectivity index (χ0) is 21.7. The second-order valence-electron chi connectivity index (χ2n) is 11.5. The van der Waals surface area contributed by atoms with Gasteiger partial charge in [-0.05, 0) is 21.7 Å². The largest absolute Gasteiger partial charge is 0.478 e. The van der Waals surface area contributed by atoms with Gasteiger partial charge in [-0.15, -0.1) is 0 Å². The molecule has 0 atom stereocenters. The first-order chi connectivity index (χ1) is 12.5. The number of carboxylic acid groups (broad SMARTS) is 2. The van der Waals surface area contributed by atoms with Gasteiger partial charge in [0.1, 0.15) is 0 Å². The Bertz CT molecular complexity index is 599. The fourth-order valence-electron chi connectivity index (χ4n) is 6.29. The number of piperidine rings is 2. The van der Waals surface area contributed by atoms with Crippen LogP contribution in [0.25, 0.3) is 0 Å². The van der Waals surface area contributed by atoms with Gasteiger partial charge in [-0.3, -0.25) is 0 Å². The average Bonchev–Trinajstić information content (AvgIpc) is 2.45. The van der Waals surface area contributed by atoms with Crippen LogP contribution in [0.15, 0.2) is 11.1 Å². The second kappa shape index (κ2) is 7.13. The molecule has 0 saturated carbocycles. The summed E-state index contributed by atoms with van der Waals surface area (Å²) in [6.07, 6.45) is 0. The number of hydrogen-bond donors (Lipinski definition) is 4. The van der Waals surface area contributed by atoms with Gasteiger partial charge in [-0.2, -0.15) is 0 Å². The molecule has 6 heteroatoms. The third kappa shape index (κ3) is 3.99. The molecule has 2 saturated heterocycles. The van der Waals surface area contributed by atoms with Crippen LogP contribution in [0.2, 0.25) is 0 Å². The van der Waals surface area contributed by atoms with E-state index in [1.165, 1.54) is 0 Å². The minimum absolute atomic E-state index is 0.0945. The van der Waals surface area contributed by atoms with Crippen molar-refractivity contribution in [3.63, 3.8) is 0 Å². The van der Waals surface area contributed by atoms with Crippen molar-refractivity contribution in [2.24, 2.45) is 33.5 Å². The van der Waals surface area contributed by atoms with E-state index in [0.29, 0.717) is 26.2 Å². The Kier molecular flexibility index (Phi) is 5.83. The van der Waals surface area contributed by atoms with Gasteiger partial charge < -0.3 is 20.8 Å². The molecule has 0 spiro atoms. The SMILES string of the molecule is CC1(C)CNCC(C)(C)C1/C(C(=O)O)=C(\C(=O)O)C1C(C)(C)CNCC1(C)C. The van der Waals surface area contributed by atoms with Crippen molar-refractivity contribution in [3.8, 4) is 0 Å². The quantitative estimate of drug-likeness (QED) is 0.547. The predicted molar refractivity (Wildman–Crippen MR) is 110 cm³/mol. The van der Waals surface area contributed by atoms with E-state index < -0.39 is 11.9 Å². The molecule has 0 aliphatic carbocycles. The Morgan fingerprint density at radius 2 is 0.821 bits per heavy atom. The molecule has 160 valence electrons. The lowest BCUT2D eigenvalue weighted by Gasteiger charge is -2.53. The summed E-state index contributed by atoms with van der Waals surface area (Å²) in [6.45, 7) is 18.9. The van der Waals surface area contributed by atoms with Crippen molar-refractivity contribution in [3.05, 3.63) is 11.1 Å². The molecule has 0 radical (unpaired) electrons. The lowest BCUT2D eigenvalue weighted by Crippen LogP contribution is -2.57. The Hall–Kier alpha value is -1.40. The highest BCUT2D eigenvalue weighted by Crippen LogP contribution is 2.53. The number of aliphatic carboxylic acids is 2. The zero-order valence-electron chi connectivity index (χ0n) is 18.7. The molecule has 28 heavy (non-hydrogen) atoms. The third-order valence-corrected chi connectivity index (χ3v) is 6.78. The van der Waals surface area contributed by atoms with Crippen LogP contribution in [-0.2, 0) is 9.59 Å². The molecule has 2 heterocycles. The summed E-state index contributed by atoms with van der Waals surface area (Å²) in [5.74, 6) is -2.94. The van der Waals surface area contributed by atoms with Crippen molar-refractivity contribution >= 4 is 11.9 Å². The van der Waals surface area contributed by atoms with Gasteiger partial charge in [0.25, 0.3) is 0 Å². The van der Waals surface area contributed by atoms with Gasteiger partial charge in [0.05, 0.1) is 11.1 Å². The predicted octanol–water partition coefficient (Wildman–Crippen LogP) is 3.00. The highest BCUT2D eigenvalue weighted by atomic mass is 16.4. The van der Waals surface area contributed by atoms with Gasteiger partial charge >= 0.3 is 11.9 Å². The Labute approximate surface area is 169 Å². The molecular formula is C22H38N2O4. The molecule has 0 aromatic heterocycles. The third-order valence-electron chi connectivity index (χ3n) is 6.78. The van der Waals surface area contributed by atoms with Crippen molar-refractivity contribution in [2.45, 2.75) is 55.4 Å². The molecule has 6 nitrogen and oxygen atoms in total. The highest BCUT2D eigenvalue weighted by molar-refractivity contribution is 6.00. The summed E-state index contributed by atoms with van der Waals surface area (Å²) < 4.78 is 0. The van der Waals surface area contributed by atoms with Crippen LogP contribution >= 0.6 is 0 Å². The summed E-state index contributed by atoms with van der Waals surface area (Å²) in [4.78, 5) is 25.3. The van der Waals surface area contributed by atoms with E-state index in [2.05, 4.69) is 10.6 Å². The van der Waals surface area contributed by atoms with E-state index in [9.17, 15) is 19.8 Å². The van der Waals surface area contributed by atoms with Crippen molar-refractivity contribution in [2.75, 3.05) is 26.2 Å². The number of hydrogen-bond acceptors (Lipinski definition) is 4. The molecule has 4 N–H and O–H groups in total. The number of carboxylic acids is 2. The van der Waals surface area contributed by atoms with E-state index in [-0.39, 0.29) is 44.6 Å². The summed E-state index contributed by atoms with van der Waals surface area (Å²) in [5, 5.41) is 27.4. The summed E-state index contributed by atoms with van der Waals surface area (Å²) in [6, 6.07) is 0. The maximum Gasteiger partial charge on any atom is 0.332 e. The Morgan fingerprint density at radius 3 is 1.00 bits per heavy atom. The van der Waals surface area contributed by atoms with E-state index in [0.717, 1.165) is 0 Å². The van der Waals surface area contributed by atoms with E-state index in [4.69, 9.17) is 0 Å². The summed E-state index contributed by atoms with van der Waals surface area (Å²) >= 11 is 0. The molecule has 2 aliphatic heterocycles. The first kappa shape index (κ1) is 22.9. The summed E-state index contributed by atoms with van der Waals surface area (Å²) in [5.41, 5.74) is -1.32. The highest BCUT2D eigenvalue weighted by Gasteiger charge is 2.54. The molecule has 0 aromatic rings. The molecule has 0 amide bonds. The molecule has 2 fully saturated rings. The maximum absolute atomic E-state index is 12.6. The number of rotatable bonds is 4. The topological polar surface area (TPSA) is 98.7 Å². The lowest BCUT2D eigenvalue weighted by atomic mass is 9.54. The van der Waals surface area contributed by atoms with E-state index in [1.807, 2.05) is 55.4 Å². The fraction of sp³-hybridized carbons (Fsp3) is 0.818. The standard InChI is InChI=1S/C22H38N2O4/c1-19(2)9-23-10-20(3,4)15(19)13(17(25)26)14(18(27)28)16-21(5,6)11-24-12-22(16,7)8/h15-16,23-24H,9-12H2,1-8H3,(H,25,26)(H,27,28)/b14-13+. The van der Waals surface area contributed by atoms with Crippen LogP contribution in [0.3, 0.4) is 0 Å². The normalized spacial score (nSPS) is 27.7. The lowest BCUT2D eigenvalue weighted by molar-refractivity contribution is -0.139. The fourth-order valence-corrected chi connectivity index (χ4v) is 6.29. The number of nitrogens with one attached hydrogen (secondary N) is 2. The monoisotopic (exact) mass is 394 g/mol. The first-order valence-electron chi connectivity index (χ1n) is 10.2. The molecular weight excluding hydrogens is 356 g/mol. The molecule has 0 bridgehead atoms. The van der Waals surface area contributed by atoms with Gasteiger partial charge in [-0.25, -0.2) is 9.59 Å². The smallest absolute Gasteiger partial charge is 0.332 e. The molecule has 0 aromatic carbocycles. The van der Waals surface area contributed by atoms with E-state index in [1.54, 1.807) is 0 Å². The molecule has 2 aliphatic rings. The molecule has 2 rings (SSSR count). The zero-order valence-corrected chi connectivity index (χ0v) is 18.7. The Morgan fingerprint density at radius 1 is 0.607 bits per heavy atom. The second-order valence-corrected chi connectivity index (χ2v) is 11.5. The first-order valence-corrected chi connectivity index (χ1v) is 10.2. The molecule has 0 unspecified atom stereocenters. The van der Waals surface area contributed by atoms with Crippen LogP contribution in [0.5, 0.6) is 0 Å². The van der Waals surface area contributed by atoms with Gasteiger partial charge in [-0.1, -0.05) is 55.4 Å². The van der Waals surface area contributed by atoms with Gasteiger partial charge in [0.2, 0.25) is 0 Å². The maximum atomic E-state index is 12.6. The number of carbonyl (C=O) groups is 2. The van der Waals surface area contributed by atoms with Crippen LogP contribution < -0.4 is 10.6 Å². The van der Waals surface area contributed by atoms with Crippen LogP contribution in [0.4, 0.5) is 0 Å². The average molecular weight is 395 g/mol. The van der Waals surface area contributed by atoms with Crippen LogP contribution in [0.1, 0.15) is 55.4 Å². The van der Waals surface area contributed by atoms with Gasteiger partial charge in [0, 0.05) is 38.0 Å². The van der Waals surface area contributed by atoms with E-state index >= 15 is 0 Å². The summed E-state index contributed by atoms with van der Waals surface area (Å²) in [7, 11) is 0. The Balaban J connectivity index is 2.85.